The van der Waals surface area contributed by atoms with Gasteiger partial charge in [0.25, 0.3) is 5.70 Å². The lowest BCUT2D eigenvalue weighted by molar-refractivity contribution is -0.374. The Morgan fingerprint density at radius 2 is 1.32 bits per heavy atom. The Morgan fingerprint density at radius 3 is 1.84 bits per heavy atom. The second-order valence-electron chi connectivity index (χ2n) is 7.11. The van der Waals surface area contributed by atoms with Crippen LogP contribution in [-0.2, 0) is 0 Å². The van der Waals surface area contributed by atoms with Crippen molar-refractivity contribution in [2.45, 2.75) is 13.8 Å². The molecule has 0 saturated heterocycles. The monoisotopic (exact) mass is 416 g/mol. The van der Waals surface area contributed by atoms with Crippen LogP contribution < -0.4 is 4.74 Å². The van der Waals surface area contributed by atoms with Crippen LogP contribution in [0.1, 0.15) is 30.5 Å². The van der Waals surface area contributed by atoms with Gasteiger partial charge in [-0.3, -0.25) is 10.1 Å². The molecule has 3 aromatic rings. The van der Waals surface area contributed by atoms with Crippen molar-refractivity contribution < 1.29 is 9.66 Å². The van der Waals surface area contributed by atoms with Crippen LogP contribution in [-0.4, -0.2) is 36.1 Å². The van der Waals surface area contributed by atoms with Crippen molar-refractivity contribution in [2.24, 2.45) is 0 Å². The zero-order chi connectivity index (χ0) is 22.1. The van der Waals surface area contributed by atoms with Gasteiger partial charge in [-0.05, 0) is 48.5 Å². The van der Waals surface area contributed by atoms with Gasteiger partial charge < -0.3 is 9.64 Å². The van der Waals surface area contributed by atoms with Crippen LogP contribution in [0.15, 0.2) is 84.9 Å². The highest BCUT2D eigenvalue weighted by Gasteiger charge is 2.23. The molecule has 3 aromatic carbocycles. The van der Waals surface area contributed by atoms with Gasteiger partial charge in [0.15, 0.2) is 0 Å². The first-order chi connectivity index (χ1) is 15.1. The summed E-state index contributed by atoms with van der Waals surface area (Å²) in [5.41, 5.74) is 2.82. The molecule has 31 heavy (non-hydrogen) atoms. The lowest BCUT2D eigenvalue weighted by Crippen LogP contribution is -2.27. The minimum absolute atomic E-state index is 0.0852. The molecule has 0 fully saturated rings. The first kappa shape index (κ1) is 22.2. The van der Waals surface area contributed by atoms with E-state index in [0.29, 0.717) is 17.7 Å². The second kappa shape index (κ2) is 11.1. The van der Waals surface area contributed by atoms with Gasteiger partial charge in [0, 0.05) is 6.54 Å². The molecule has 0 aliphatic rings. The maximum atomic E-state index is 12.1. The van der Waals surface area contributed by atoms with Crippen molar-refractivity contribution >= 4 is 11.3 Å². The molecule has 0 radical (unpaired) electrons. The van der Waals surface area contributed by atoms with Gasteiger partial charge in [-0.2, -0.15) is 0 Å². The summed E-state index contributed by atoms with van der Waals surface area (Å²) in [6.45, 7) is 7.72. The largest absolute Gasteiger partial charge is 0.492 e. The van der Waals surface area contributed by atoms with E-state index in [0.717, 1.165) is 36.5 Å². The van der Waals surface area contributed by atoms with E-state index in [1.165, 1.54) is 0 Å². The highest BCUT2D eigenvalue weighted by molar-refractivity contribution is 5.95. The van der Waals surface area contributed by atoms with E-state index in [9.17, 15) is 10.1 Å². The molecule has 0 heterocycles. The van der Waals surface area contributed by atoms with Crippen LogP contribution in [0.5, 0.6) is 5.75 Å². The van der Waals surface area contributed by atoms with Gasteiger partial charge in [-0.1, -0.05) is 74.5 Å². The molecular formula is C26H28N2O3. The number of benzene rings is 3. The van der Waals surface area contributed by atoms with Gasteiger partial charge in [-0.15, -0.1) is 0 Å². The van der Waals surface area contributed by atoms with Crippen LogP contribution >= 0.6 is 0 Å². The molecule has 3 rings (SSSR count). The summed E-state index contributed by atoms with van der Waals surface area (Å²) >= 11 is 0. The fraction of sp³-hybridized carbons (Fsp3) is 0.231. The van der Waals surface area contributed by atoms with E-state index in [1.54, 1.807) is 12.1 Å². The summed E-state index contributed by atoms with van der Waals surface area (Å²) in [4.78, 5) is 14.1. The van der Waals surface area contributed by atoms with E-state index < -0.39 is 0 Å². The molecular weight excluding hydrogens is 388 g/mol. The number of nitrogens with zero attached hydrogens (tertiary/aromatic N) is 2. The van der Waals surface area contributed by atoms with Gasteiger partial charge >= 0.3 is 0 Å². The van der Waals surface area contributed by atoms with E-state index in [1.807, 2.05) is 72.8 Å². The van der Waals surface area contributed by atoms with Crippen molar-refractivity contribution in [1.29, 1.82) is 0 Å². The fourth-order valence-corrected chi connectivity index (χ4v) is 3.53. The van der Waals surface area contributed by atoms with Crippen LogP contribution in [0, 0.1) is 10.1 Å². The van der Waals surface area contributed by atoms with Crippen molar-refractivity contribution in [2.75, 3.05) is 26.2 Å². The zero-order valence-corrected chi connectivity index (χ0v) is 18.0. The Kier molecular flexibility index (Phi) is 7.96. The molecule has 0 unspecified atom stereocenters. The second-order valence-corrected chi connectivity index (χ2v) is 7.11. The number of nitro groups is 1. The molecule has 0 amide bonds. The van der Waals surface area contributed by atoms with Crippen molar-refractivity contribution in [3.63, 3.8) is 0 Å². The summed E-state index contributed by atoms with van der Waals surface area (Å²) in [6, 6.07) is 26.0. The molecule has 0 N–H and O–H groups in total. The first-order valence-electron chi connectivity index (χ1n) is 10.6. The molecule has 5 nitrogen and oxygen atoms in total. The van der Waals surface area contributed by atoms with E-state index in [-0.39, 0.29) is 10.6 Å². The van der Waals surface area contributed by atoms with E-state index in [2.05, 4.69) is 18.7 Å². The van der Waals surface area contributed by atoms with E-state index in [4.69, 9.17) is 4.74 Å². The maximum absolute atomic E-state index is 12.1. The number of hydrogen-bond donors (Lipinski definition) is 0. The Balaban J connectivity index is 1.97. The summed E-state index contributed by atoms with van der Waals surface area (Å²) in [6.07, 6.45) is 0. The Morgan fingerprint density at radius 1 is 0.806 bits per heavy atom. The third kappa shape index (κ3) is 5.80. The summed E-state index contributed by atoms with van der Waals surface area (Å²) in [5.74, 6) is 0.755. The van der Waals surface area contributed by atoms with Crippen LogP contribution in [0.3, 0.4) is 0 Å². The third-order valence-corrected chi connectivity index (χ3v) is 5.24. The summed E-state index contributed by atoms with van der Waals surface area (Å²) in [5, 5.41) is 12.1. The topological polar surface area (TPSA) is 55.6 Å². The SMILES string of the molecule is CCN(CC)CCOc1ccc(/C(=C(\c2ccccc2)[N+](=O)[O-])c2ccccc2)cc1. The quantitative estimate of drug-likeness (QED) is 0.245. The smallest absolute Gasteiger partial charge is 0.284 e. The molecule has 0 spiro atoms. The maximum Gasteiger partial charge on any atom is 0.284 e. The van der Waals surface area contributed by atoms with Crippen molar-refractivity contribution in [3.05, 3.63) is 112 Å². The van der Waals surface area contributed by atoms with Crippen molar-refractivity contribution in [1.82, 2.24) is 4.90 Å². The molecule has 0 bridgehead atoms. The Bertz CT molecular complexity index is 996. The van der Waals surface area contributed by atoms with Gasteiger partial charge in [0.1, 0.15) is 12.4 Å². The number of hydrogen-bond acceptors (Lipinski definition) is 4. The minimum atomic E-state index is -0.299. The molecule has 5 heteroatoms. The number of ether oxygens (including phenoxy) is 1. The average Bonchev–Trinajstić information content (AvgIpc) is 2.81. The summed E-state index contributed by atoms with van der Waals surface area (Å²) in [7, 11) is 0. The number of likely N-dealkylation sites (N-methyl/N-ethyl adjacent to an activating group) is 1. The molecule has 0 atom stereocenters. The lowest BCUT2D eigenvalue weighted by atomic mass is 9.93. The van der Waals surface area contributed by atoms with Gasteiger partial charge in [0.2, 0.25) is 0 Å². The Hall–Kier alpha value is -3.44. The van der Waals surface area contributed by atoms with Gasteiger partial charge in [-0.25, -0.2) is 0 Å². The van der Waals surface area contributed by atoms with E-state index >= 15 is 0 Å². The standard InChI is InChI=1S/C26H28N2O3/c1-3-27(4-2)19-20-31-24-17-15-22(16-18-24)25(21-11-7-5-8-12-21)26(28(29)30)23-13-9-6-10-14-23/h5-18H,3-4,19-20H2,1-2H3/b26-25+. The first-order valence-corrected chi connectivity index (χ1v) is 10.6. The highest BCUT2D eigenvalue weighted by atomic mass is 16.6. The minimum Gasteiger partial charge on any atom is -0.492 e. The van der Waals surface area contributed by atoms with Crippen LogP contribution in [0.25, 0.3) is 11.3 Å². The summed E-state index contributed by atoms with van der Waals surface area (Å²) < 4.78 is 5.88. The highest BCUT2D eigenvalue weighted by Crippen LogP contribution is 2.33. The molecule has 0 aromatic heterocycles. The lowest BCUT2D eigenvalue weighted by Gasteiger charge is -2.18. The van der Waals surface area contributed by atoms with Crippen LogP contribution in [0.2, 0.25) is 0 Å². The molecule has 0 saturated carbocycles. The van der Waals surface area contributed by atoms with Gasteiger partial charge in [0.05, 0.1) is 16.1 Å². The molecule has 0 aliphatic carbocycles. The predicted octanol–water partition coefficient (Wildman–Crippen LogP) is 5.60. The normalized spacial score (nSPS) is 11.8. The van der Waals surface area contributed by atoms with Crippen molar-refractivity contribution in [3.8, 4) is 5.75 Å². The molecule has 0 aliphatic heterocycles. The third-order valence-electron chi connectivity index (χ3n) is 5.24. The zero-order valence-electron chi connectivity index (χ0n) is 18.0. The average molecular weight is 417 g/mol. The van der Waals surface area contributed by atoms with Crippen LogP contribution in [0.4, 0.5) is 0 Å². The molecule has 160 valence electrons. The number of rotatable bonds is 10. The predicted molar refractivity (Wildman–Crippen MR) is 126 cm³/mol. The fourth-order valence-electron chi connectivity index (χ4n) is 3.53. The Labute approximate surface area is 183 Å².